The highest BCUT2D eigenvalue weighted by atomic mass is 16.4. The van der Waals surface area contributed by atoms with E-state index in [1.165, 1.54) is 11.8 Å². The molecular formula is C20H25N3O4. The molecular weight excluding hydrogens is 346 g/mol. The maximum atomic E-state index is 13.0. The lowest BCUT2D eigenvalue weighted by molar-refractivity contribution is -0.147. The van der Waals surface area contributed by atoms with E-state index in [-0.39, 0.29) is 11.8 Å². The largest absolute Gasteiger partial charge is 0.480 e. The summed E-state index contributed by atoms with van der Waals surface area (Å²) in [5, 5.41) is 11.9. The van der Waals surface area contributed by atoms with Gasteiger partial charge >= 0.3 is 5.97 Å². The summed E-state index contributed by atoms with van der Waals surface area (Å²) in [6, 6.07) is 1.71. The molecule has 0 radical (unpaired) electrons. The van der Waals surface area contributed by atoms with E-state index in [0.717, 1.165) is 24.8 Å². The molecule has 1 aliphatic heterocycles. The second-order valence-corrected chi connectivity index (χ2v) is 6.62. The fourth-order valence-electron chi connectivity index (χ4n) is 3.39. The van der Waals surface area contributed by atoms with Crippen LogP contribution in [0.4, 0.5) is 0 Å². The van der Waals surface area contributed by atoms with Crippen molar-refractivity contribution in [2.24, 2.45) is 5.92 Å². The number of carboxylic acids is 1. The van der Waals surface area contributed by atoms with Crippen LogP contribution in [-0.4, -0.2) is 51.4 Å². The Morgan fingerprint density at radius 2 is 2.11 bits per heavy atom. The van der Waals surface area contributed by atoms with Gasteiger partial charge in [-0.1, -0.05) is 5.92 Å². The molecule has 1 aliphatic rings. The van der Waals surface area contributed by atoms with Gasteiger partial charge in [0, 0.05) is 31.8 Å². The number of pyridine rings is 1. The Balaban J connectivity index is 2.15. The van der Waals surface area contributed by atoms with E-state index in [1.54, 1.807) is 19.3 Å². The molecule has 0 aliphatic carbocycles. The monoisotopic (exact) mass is 371 g/mol. The Kier molecular flexibility index (Phi) is 7.35. The van der Waals surface area contributed by atoms with Gasteiger partial charge in [-0.25, -0.2) is 4.79 Å². The van der Waals surface area contributed by atoms with E-state index in [2.05, 4.69) is 22.1 Å². The molecule has 0 bridgehead atoms. The number of rotatable bonds is 7. The molecule has 1 fully saturated rings. The van der Waals surface area contributed by atoms with E-state index in [1.807, 2.05) is 12.1 Å². The highest BCUT2D eigenvalue weighted by Gasteiger charge is 2.39. The molecule has 2 N–H and O–H groups in total. The lowest BCUT2D eigenvalue weighted by atomic mass is 9.89. The molecule has 2 heterocycles. The third-order valence-corrected chi connectivity index (χ3v) is 4.68. The number of nitrogens with zero attached hydrogens (tertiary/aromatic N) is 2. The number of aryl methyl sites for hydroxylation is 1. The Hall–Kier alpha value is -2.88. The number of hydrogen-bond donors (Lipinski definition) is 2. The number of hydrogen-bond acceptors (Lipinski definition) is 4. The highest BCUT2D eigenvalue weighted by molar-refractivity contribution is 5.86. The van der Waals surface area contributed by atoms with Crippen LogP contribution in [0, 0.1) is 17.8 Å². The van der Waals surface area contributed by atoms with Crippen molar-refractivity contribution in [3.05, 3.63) is 30.1 Å². The molecule has 0 unspecified atom stereocenters. The number of nitrogens with one attached hydrogen (secondary N) is 1. The van der Waals surface area contributed by atoms with E-state index in [9.17, 15) is 19.5 Å². The molecule has 27 heavy (non-hydrogen) atoms. The van der Waals surface area contributed by atoms with E-state index < -0.39 is 24.0 Å². The summed E-state index contributed by atoms with van der Waals surface area (Å²) in [4.78, 5) is 41.6. The van der Waals surface area contributed by atoms with Gasteiger partial charge in [-0.3, -0.25) is 14.6 Å². The van der Waals surface area contributed by atoms with Gasteiger partial charge in [0.25, 0.3) is 0 Å². The fourth-order valence-corrected chi connectivity index (χ4v) is 3.39. The molecule has 3 atom stereocenters. The van der Waals surface area contributed by atoms with Crippen LogP contribution in [0.1, 0.15) is 38.7 Å². The number of aromatic nitrogens is 1. The molecule has 0 spiro atoms. The first-order valence-electron chi connectivity index (χ1n) is 9.05. The Morgan fingerprint density at radius 3 is 2.70 bits per heavy atom. The average molecular weight is 371 g/mol. The van der Waals surface area contributed by atoms with Crippen molar-refractivity contribution in [3.63, 3.8) is 0 Å². The third kappa shape index (κ3) is 5.55. The number of carboxylic acid groups (broad SMARTS) is 1. The number of amides is 2. The molecule has 7 nitrogen and oxygen atoms in total. The van der Waals surface area contributed by atoms with Gasteiger partial charge in [-0.15, -0.1) is 5.92 Å². The van der Waals surface area contributed by atoms with Crippen molar-refractivity contribution in [1.82, 2.24) is 15.2 Å². The average Bonchev–Trinajstić information content (AvgIpc) is 2.64. The maximum Gasteiger partial charge on any atom is 0.329 e. The van der Waals surface area contributed by atoms with E-state index in [4.69, 9.17) is 0 Å². The van der Waals surface area contributed by atoms with Crippen molar-refractivity contribution >= 4 is 17.8 Å². The molecule has 0 saturated carbocycles. The van der Waals surface area contributed by atoms with Crippen LogP contribution < -0.4 is 5.32 Å². The zero-order valence-electron chi connectivity index (χ0n) is 15.6. The first-order valence-corrected chi connectivity index (χ1v) is 9.05. The lowest BCUT2D eigenvalue weighted by Crippen LogP contribution is -2.58. The number of carbonyl (C=O) groups is 3. The summed E-state index contributed by atoms with van der Waals surface area (Å²) in [5.41, 5.74) is 1.11. The minimum Gasteiger partial charge on any atom is -0.480 e. The summed E-state index contributed by atoms with van der Waals surface area (Å²) >= 11 is 0. The predicted octanol–water partition coefficient (Wildman–Crippen LogP) is 1.23. The standard InChI is InChI=1S/C20H25N3O4/c1-3-5-17(18(20(26)27)22-14(2)24)23-13-4-6-16(19(23)25)8-7-15-9-11-21-12-10-15/h9-12,16-18H,4,6-8,13H2,1-2H3,(H,22,24)(H,26,27)/t16-,17-,18+/m0/s1. The highest BCUT2D eigenvalue weighted by Crippen LogP contribution is 2.25. The smallest absolute Gasteiger partial charge is 0.329 e. The normalized spacial score (nSPS) is 18.8. The van der Waals surface area contributed by atoms with Gasteiger partial charge in [0.05, 0.1) is 0 Å². The quantitative estimate of drug-likeness (QED) is 0.703. The van der Waals surface area contributed by atoms with Crippen LogP contribution >= 0.6 is 0 Å². The van der Waals surface area contributed by atoms with Crippen molar-refractivity contribution < 1.29 is 19.5 Å². The van der Waals surface area contributed by atoms with Gasteiger partial charge in [-0.2, -0.15) is 0 Å². The summed E-state index contributed by atoms with van der Waals surface area (Å²) in [5.74, 6) is 3.57. The van der Waals surface area contributed by atoms with Gasteiger partial charge in [0.15, 0.2) is 6.04 Å². The number of aliphatic carboxylic acids is 1. The minimum absolute atomic E-state index is 0.0975. The number of piperidine rings is 1. The van der Waals surface area contributed by atoms with Crippen molar-refractivity contribution in [2.45, 2.75) is 51.6 Å². The van der Waals surface area contributed by atoms with Crippen molar-refractivity contribution in [3.8, 4) is 11.8 Å². The predicted molar refractivity (Wildman–Crippen MR) is 99.5 cm³/mol. The zero-order valence-corrected chi connectivity index (χ0v) is 15.6. The van der Waals surface area contributed by atoms with Crippen LogP contribution in [0.15, 0.2) is 24.5 Å². The molecule has 1 aromatic rings. The zero-order chi connectivity index (χ0) is 19.8. The van der Waals surface area contributed by atoms with Crippen LogP contribution in [0.25, 0.3) is 0 Å². The molecule has 0 aromatic carbocycles. The first kappa shape index (κ1) is 20.4. The summed E-state index contributed by atoms with van der Waals surface area (Å²) in [6.45, 7) is 3.28. The van der Waals surface area contributed by atoms with Crippen molar-refractivity contribution in [2.75, 3.05) is 6.54 Å². The van der Waals surface area contributed by atoms with Gasteiger partial charge < -0.3 is 15.3 Å². The first-order chi connectivity index (χ1) is 12.9. The molecule has 2 amide bonds. The number of likely N-dealkylation sites (tertiary alicyclic amines) is 1. The van der Waals surface area contributed by atoms with Crippen LogP contribution in [0.3, 0.4) is 0 Å². The molecule has 144 valence electrons. The maximum absolute atomic E-state index is 13.0. The summed E-state index contributed by atoms with van der Waals surface area (Å²) < 4.78 is 0. The fraction of sp³-hybridized carbons (Fsp3) is 0.500. The molecule has 2 rings (SSSR count). The van der Waals surface area contributed by atoms with Crippen LogP contribution in [0.5, 0.6) is 0 Å². The lowest BCUT2D eigenvalue weighted by Gasteiger charge is -2.38. The van der Waals surface area contributed by atoms with Gasteiger partial charge in [0.1, 0.15) is 6.04 Å². The Bertz CT molecular complexity index is 739. The second kappa shape index (κ2) is 9.72. The van der Waals surface area contributed by atoms with Gasteiger partial charge in [-0.05, 0) is 50.3 Å². The molecule has 1 saturated heterocycles. The molecule has 7 heteroatoms. The second-order valence-electron chi connectivity index (χ2n) is 6.62. The van der Waals surface area contributed by atoms with Crippen LogP contribution in [-0.2, 0) is 20.8 Å². The summed E-state index contributed by atoms with van der Waals surface area (Å²) in [7, 11) is 0. The van der Waals surface area contributed by atoms with E-state index in [0.29, 0.717) is 13.0 Å². The SMILES string of the molecule is CC#C[C@@H]([C@@H](NC(C)=O)C(=O)O)N1CCC[C@@H](CCc2ccncc2)C1=O. The van der Waals surface area contributed by atoms with Crippen LogP contribution in [0.2, 0.25) is 0 Å². The Morgan fingerprint density at radius 1 is 1.41 bits per heavy atom. The number of carbonyl (C=O) groups excluding carboxylic acids is 2. The molecule has 1 aromatic heterocycles. The summed E-state index contributed by atoms with van der Waals surface area (Å²) in [6.07, 6.45) is 6.43. The topological polar surface area (TPSA) is 99.6 Å². The third-order valence-electron chi connectivity index (χ3n) is 4.68. The Labute approximate surface area is 159 Å². The minimum atomic E-state index is -1.25. The van der Waals surface area contributed by atoms with Gasteiger partial charge in [0.2, 0.25) is 11.8 Å². The van der Waals surface area contributed by atoms with E-state index >= 15 is 0 Å². The van der Waals surface area contributed by atoms with Crippen molar-refractivity contribution in [1.29, 1.82) is 0 Å².